The Hall–Kier alpha value is -1.91. The highest BCUT2D eigenvalue weighted by atomic mass is 19.4. The SMILES string of the molecule is CCCCCC/C=C1/C=C(C(F)(F)F)c2cc(O)c(O)cc21. The van der Waals surface area contributed by atoms with Crippen LogP contribution in [0.2, 0.25) is 0 Å². The van der Waals surface area contributed by atoms with E-state index in [9.17, 15) is 23.4 Å². The van der Waals surface area contributed by atoms with Gasteiger partial charge in [0, 0.05) is 0 Å². The summed E-state index contributed by atoms with van der Waals surface area (Å²) in [6, 6.07) is 2.17. The Kier molecular flexibility index (Phi) is 4.84. The molecule has 0 atom stereocenters. The van der Waals surface area contributed by atoms with E-state index in [0.717, 1.165) is 37.8 Å². The van der Waals surface area contributed by atoms with Crippen molar-refractivity contribution in [3.05, 3.63) is 35.4 Å². The van der Waals surface area contributed by atoms with E-state index in [0.29, 0.717) is 17.6 Å². The fourth-order valence-corrected chi connectivity index (χ4v) is 2.58. The van der Waals surface area contributed by atoms with Crippen molar-refractivity contribution in [1.82, 2.24) is 0 Å². The highest BCUT2D eigenvalue weighted by molar-refractivity contribution is 5.98. The second kappa shape index (κ2) is 6.46. The zero-order valence-electron chi connectivity index (χ0n) is 12.4. The van der Waals surface area contributed by atoms with Gasteiger partial charge in [0.05, 0.1) is 5.57 Å². The molecular weight excluding hydrogens is 293 g/mol. The van der Waals surface area contributed by atoms with Gasteiger partial charge < -0.3 is 10.2 Å². The molecule has 1 aliphatic rings. The van der Waals surface area contributed by atoms with Crippen LogP contribution in [-0.4, -0.2) is 16.4 Å². The molecule has 5 heteroatoms. The number of aromatic hydroxyl groups is 2. The molecule has 0 saturated heterocycles. The van der Waals surface area contributed by atoms with Crippen molar-refractivity contribution in [1.29, 1.82) is 0 Å². The number of phenols is 2. The highest BCUT2D eigenvalue weighted by Crippen LogP contribution is 2.47. The minimum atomic E-state index is -4.49. The second-order valence-electron chi connectivity index (χ2n) is 5.45. The molecule has 0 unspecified atom stereocenters. The van der Waals surface area contributed by atoms with Crippen LogP contribution in [0.3, 0.4) is 0 Å². The molecule has 22 heavy (non-hydrogen) atoms. The first-order valence-corrected chi connectivity index (χ1v) is 7.40. The number of rotatable bonds is 5. The van der Waals surface area contributed by atoms with E-state index in [1.54, 1.807) is 6.08 Å². The van der Waals surface area contributed by atoms with Gasteiger partial charge in [0.15, 0.2) is 11.5 Å². The first-order valence-electron chi connectivity index (χ1n) is 7.40. The standard InChI is InChI=1S/C17H19F3O2/c1-2-3-4-5-6-7-11-8-14(17(18,19)20)13-10-16(22)15(21)9-12(11)13/h7-10,21-22H,2-6H2,1H3/b11-7-. The van der Waals surface area contributed by atoms with E-state index in [-0.39, 0.29) is 5.56 Å². The van der Waals surface area contributed by atoms with Crippen molar-refractivity contribution in [3.8, 4) is 11.5 Å². The van der Waals surface area contributed by atoms with Crippen LogP contribution in [0, 0.1) is 0 Å². The number of hydrogen-bond donors (Lipinski definition) is 2. The molecule has 1 aliphatic carbocycles. The molecule has 0 amide bonds. The Morgan fingerprint density at radius 1 is 1.00 bits per heavy atom. The first-order chi connectivity index (χ1) is 10.3. The van der Waals surface area contributed by atoms with E-state index >= 15 is 0 Å². The van der Waals surface area contributed by atoms with Gasteiger partial charge in [-0.15, -0.1) is 0 Å². The zero-order chi connectivity index (χ0) is 16.3. The molecule has 0 radical (unpaired) electrons. The summed E-state index contributed by atoms with van der Waals surface area (Å²) >= 11 is 0. The number of alkyl halides is 3. The average molecular weight is 312 g/mol. The Labute approximate surface area is 127 Å². The van der Waals surface area contributed by atoms with Crippen LogP contribution in [0.5, 0.6) is 11.5 Å². The number of benzene rings is 1. The maximum atomic E-state index is 13.1. The number of fused-ring (bicyclic) bond motifs is 1. The van der Waals surface area contributed by atoms with Crippen LogP contribution in [0.1, 0.15) is 50.2 Å². The van der Waals surface area contributed by atoms with Crippen molar-refractivity contribution < 1.29 is 23.4 Å². The van der Waals surface area contributed by atoms with Gasteiger partial charge in [0.1, 0.15) is 0 Å². The molecule has 2 nitrogen and oxygen atoms in total. The minimum Gasteiger partial charge on any atom is -0.504 e. The van der Waals surface area contributed by atoms with Gasteiger partial charge in [-0.3, -0.25) is 0 Å². The molecule has 0 aliphatic heterocycles. The minimum absolute atomic E-state index is 0.0809. The van der Waals surface area contributed by atoms with Crippen LogP contribution < -0.4 is 0 Å². The fourth-order valence-electron chi connectivity index (χ4n) is 2.58. The summed E-state index contributed by atoms with van der Waals surface area (Å²) in [7, 11) is 0. The van der Waals surface area contributed by atoms with Crippen LogP contribution in [0.25, 0.3) is 11.1 Å². The summed E-state index contributed by atoms with van der Waals surface area (Å²) in [4.78, 5) is 0. The lowest BCUT2D eigenvalue weighted by Gasteiger charge is -2.10. The molecule has 0 saturated carbocycles. The van der Waals surface area contributed by atoms with E-state index in [1.165, 1.54) is 6.07 Å². The normalized spacial score (nSPS) is 16.0. The molecular formula is C17H19F3O2. The lowest BCUT2D eigenvalue weighted by molar-refractivity contribution is -0.0687. The van der Waals surface area contributed by atoms with Crippen LogP contribution in [0.4, 0.5) is 13.2 Å². The average Bonchev–Trinajstić information content (AvgIpc) is 2.77. The smallest absolute Gasteiger partial charge is 0.417 e. The summed E-state index contributed by atoms with van der Waals surface area (Å²) in [6.07, 6.45) is 3.24. The van der Waals surface area contributed by atoms with Gasteiger partial charge in [-0.1, -0.05) is 32.3 Å². The summed E-state index contributed by atoms with van der Waals surface area (Å²) in [5, 5.41) is 19.0. The highest BCUT2D eigenvalue weighted by Gasteiger charge is 2.39. The molecule has 0 fully saturated rings. The largest absolute Gasteiger partial charge is 0.504 e. The molecule has 0 spiro atoms. The molecule has 2 N–H and O–H groups in total. The van der Waals surface area contributed by atoms with Gasteiger partial charge >= 0.3 is 6.18 Å². The maximum Gasteiger partial charge on any atom is 0.417 e. The van der Waals surface area contributed by atoms with Gasteiger partial charge in [0.25, 0.3) is 0 Å². The zero-order valence-corrected chi connectivity index (χ0v) is 12.4. The van der Waals surface area contributed by atoms with Crippen molar-refractivity contribution >= 4 is 11.1 Å². The van der Waals surface area contributed by atoms with Crippen molar-refractivity contribution in [2.75, 3.05) is 0 Å². The lowest BCUT2D eigenvalue weighted by Crippen LogP contribution is -2.09. The number of phenolic OH excluding ortho intramolecular Hbond substituents is 2. The first kappa shape index (κ1) is 16.5. The lowest BCUT2D eigenvalue weighted by atomic mass is 10.0. The number of halogens is 3. The Bertz CT molecular complexity index is 613. The Balaban J connectivity index is 2.31. The number of hydrogen-bond acceptors (Lipinski definition) is 2. The van der Waals surface area contributed by atoms with Gasteiger partial charge in [0.2, 0.25) is 0 Å². The van der Waals surface area contributed by atoms with Gasteiger partial charge in [-0.05, 0) is 47.8 Å². The summed E-state index contributed by atoms with van der Waals surface area (Å²) in [5.41, 5.74) is -0.0903. The third-order valence-electron chi connectivity index (χ3n) is 3.74. The van der Waals surface area contributed by atoms with E-state index in [1.807, 2.05) is 0 Å². The number of allylic oxidation sites excluding steroid dienone is 4. The summed E-state index contributed by atoms with van der Waals surface area (Å²) < 4.78 is 39.3. The Morgan fingerprint density at radius 2 is 1.64 bits per heavy atom. The third-order valence-corrected chi connectivity index (χ3v) is 3.74. The van der Waals surface area contributed by atoms with Crippen molar-refractivity contribution in [2.24, 2.45) is 0 Å². The monoisotopic (exact) mass is 312 g/mol. The molecule has 120 valence electrons. The predicted molar refractivity (Wildman–Crippen MR) is 80.5 cm³/mol. The fraction of sp³-hybridized carbons (Fsp3) is 0.412. The molecule has 1 aromatic rings. The molecule has 0 heterocycles. The van der Waals surface area contributed by atoms with Crippen LogP contribution >= 0.6 is 0 Å². The van der Waals surface area contributed by atoms with E-state index in [4.69, 9.17) is 0 Å². The predicted octanol–water partition coefficient (Wildman–Crippen LogP) is 5.41. The Morgan fingerprint density at radius 3 is 2.23 bits per heavy atom. The molecule has 0 aromatic heterocycles. The quantitative estimate of drug-likeness (QED) is 0.563. The van der Waals surface area contributed by atoms with Crippen LogP contribution in [0.15, 0.2) is 24.3 Å². The second-order valence-corrected chi connectivity index (χ2v) is 5.45. The topological polar surface area (TPSA) is 40.5 Å². The van der Waals surface area contributed by atoms with Gasteiger partial charge in [-0.25, -0.2) is 0 Å². The van der Waals surface area contributed by atoms with E-state index in [2.05, 4.69) is 6.92 Å². The van der Waals surface area contributed by atoms with Crippen molar-refractivity contribution in [2.45, 2.75) is 45.2 Å². The van der Waals surface area contributed by atoms with Crippen molar-refractivity contribution in [3.63, 3.8) is 0 Å². The summed E-state index contributed by atoms with van der Waals surface area (Å²) in [5.74, 6) is -0.953. The summed E-state index contributed by atoms with van der Waals surface area (Å²) in [6.45, 7) is 2.10. The molecule has 2 rings (SSSR count). The number of unbranched alkanes of at least 4 members (excludes halogenated alkanes) is 4. The molecule has 0 bridgehead atoms. The third kappa shape index (κ3) is 3.46. The van der Waals surface area contributed by atoms with Crippen LogP contribution in [-0.2, 0) is 0 Å². The maximum absolute atomic E-state index is 13.1. The van der Waals surface area contributed by atoms with E-state index < -0.39 is 23.2 Å². The van der Waals surface area contributed by atoms with Gasteiger partial charge in [-0.2, -0.15) is 13.2 Å². The molecule has 1 aromatic carbocycles.